The number of Topliss-reactive ketones (excluding diaryl/α,β-unsaturated/α-hetero) is 1. The van der Waals surface area contributed by atoms with Crippen LogP contribution in [0.15, 0.2) is 39.3 Å². The standard InChI is InChI=1S/C18H15Br2NO5/c1-9(22)12-6-16-17(25-8-24-16)7-14(12)21-18(23)10(2)26-15-4-3-11(19)5-13(15)20/h3-7,10H,8H2,1-2H3,(H,21,23). The number of rotatable bonds is 5. The molecule has 2 aromatic rings. The molecule has 1 aliphatic heterocycles. The van der Waals surface area contributed by atoms with Gasteiger partial charge in [0.2, 0.25) is 6.79 Å². The maximum absolute atomic E-state index is 12.5. The zero-order valence-electron chi connectivity index (χ0n) is 14.0. The van der Waals surface area contributed by atoms with Gasteiger partial charge < -0.3 is 19.5 Å². The average Bonchev–Trinajstić information content (AvgIpc) is 3.03. The molecule has 1 N–H and O–H groups in total. The quantitative estimate of drug-likeness (QED) is 0.630. The molecule has 1 unspecified atom stereocenters. The van der Waals surface area contributed by atoms with Crippen LogP contribution in [-0.4, -0.2) is 24.6 Å². The SMILES string of the molecule is CC(=O)c1cc2c(cc1NC(=O)C(C)Oc1ccc(Br)cc1Br)OCO2. The summed E-state index contributed by atoms with van der Waals surface area (Å²) in [6.45, 7) is 3.14. The molecule has 0 saturated carbocycles. The highest BCUT2D eigenvalue weighted by atomic mass is 79.9. The van der Waals surface area contributed by atoms with Crippen LogP contribution in [0, 0.1) is 0 Å². The normalized spacial score (nSPS) is 13.2. The Morgan fingerprint density at radius 3 is 2.50 bits per heavy atom. The second kappa shape index (κ2) is 7.67. The van der Waals surface area contributed by atoms with E-state index in [1.165, 1.54) is 6.92 Å². The van der Waals surface area contributed by atoms with Gasteiger partial charge in [-0.2, -0.15) is 0 Å². The summed E-state index contributed by atoms with van der Waals surface area (Å²) in [7, 11) is 0. The number of anilines is 1. The lowest BCUT2D eigenvalue weighted by molar-refractivity contribution is -0.122. The number of ketones is 1. The van der Waals surface area contributed by atoms with Crippen LogP contribution >= 0.6 is 31.9 Å². The van der Waals surface area contributed by atoms with Crippen molar-refractivity contribution in [3.8, 4) is 17.2 Å². The molecule has 3 rings (SSSR count). The number of benzene rings is 2. The Morgan fingerprint density at radius 1 is 1.15 bits per heavy atom. The number of hydrogen-bond donors (Lipinski definition) is 1. The molecule has 0 saturated heterocycles. The van der Waals surface area contributed by atoms with E-state index in [0.29, 0.717) is 28.5 Å². The Morgan fingerprint density at radius 2 is 1.85 bits per heavy atom. The third-order valence-corrected chi connectivity index (χ3v) is 4.83. The number of nitrogens with one attached hydrogen (secondary N) is 1. The second-order valence-electron chi connectivity index (χ2n) is 5.63. The van der Waals surface area contributed by atoms with Crippen LogP contribution < -0.4 is 19.5 Å². The number of amides is 1. The summed E-state index contributed by atoms with van der Waals surface area (Å²) in [4.78, 5) is 24.4. The predicted molar refractivity (Wildman–Crippen MR) is 103 cm³/mol. The van der Waals surface area contributed by atoms with Crippen molar-refractivity contribution in [3.05, 3.63) is 44.8 Å². The van der Waals surface area contributed by atoms with Gasteiger partial charge in [0.05, 0.1) is 10.2 Å². The van der Waals surface area contributed by atoms with Crippen molar-refractivity contribution < 1.29 is 23.8 Å². The zero-order chi connectivity index (χ0) is 18.8. The molecule has 1 amide bonds. The van der Waals surface area contributed by atoms with E-state index >= 15 is 0 Å². The van der Waals surface area contributed by atoms with E-state index in [4.69, 9.17) is 14.2 Å². The minimum absolute atomic E-state index is 0.0845. The van der Waals surface area contributed by atoms with E-state index in [2.05, 4.69) is 37.2 Å². The lowest BCUT2D eigenvalue weighted by atomic mass is 10.1. The fourth-order valence-electron chi connectivity index (χ4n) is 2.39. The van der Waals surface area contributed by atoms with Gasteiger partial charge in [0, 0.05) is 16.1 Å². The number of carbonyl (C=O) groups excluding carboxylic acids is 2. The molecular weight excluding hydrogens is 470 g/mol. The Bertz CT molecular complexity index is 884. The van der Waals surface area contributed by atoms with Crippen LogP contribution in [0.3, 0.4) is 0 Å². The van der Waals surface area contributed by atoms with Gasteiger partial charge in [-0.15, -0.1) is 0 Å². The van der Waals surface area contributed by atoms with Crippen LogP contribution in [0.1, 0.15) is 24.2 Å². The Labute approximate surface area is 167 Å². The summed E-state index contributed by atoms with van der Waals surface area (Å²) in [6.07, 6.45) is -0.780. The highest BCUT2D eigenvalue weighted by Gasteiger charge is 2.23. The second-order valence-corrected chi connectivity index (χ2v) is 7.40. The molecule has 1 atom stereocenters. The molecule has 6 nitrogen and oxygen atoms in total. The lowest BCUT2D eigenvalue weighted by Gasteiger charge is -2.17. The first kappa shape index (κ1) is 18.7. The molecule has 1 aliphatic rings. The molecule has 0 aromatic heterocycles. The lowest BCUT2D eigenvalue weighted by Crippen LogP contribution is -2.30. The summed E-state index contributed by atoms with van der Waals surface area (Å²) >= 11 is 6.76. The van der Waals surface area contributed by atoms with E-state index in [9.17, 15) is 9.59 Å². The van der Waals surface area contributed by atoms with Crippen LogP contribution in [0.4, 0.5) is 5.69 Å². The molecule has 1 heterocycles. The topological polar surface area (TPSA) is 73.9 Å². The molecule has 2 aromatic carbocycles. The van der Waals surface area contributed by atoms with Crippen molar-refractivity contribution in [2.24, 2.45) is 0 Å². The molecule has 0 radical (unpaired) electrons. The summed E-state index contributed by atoms with van der Waals surface area (Å²) in [6, 6.07) is 8.54. The fourth-order valence-corrected chi connectivity index (χ4v) is 3.53. The highest BCUT2D eigenvalue weighted by molar-refractivity contribution is 9.11. The van der Waals surface area contributed by atoms with Crippen molar-refractivity contribution >= 4 is 49.2 Å². The molecule has 0 spiro atoms. The van der Waals surface area contributed by atoms with E-state index < -0.39 is 6.10 Å². The maximum atomic E-state index is 12.5. The van der Waals surface area contributed by atoms with Gasteiger partial charge in [0.15, 0.2) is 23.4 Å². The number of fused-ring (bicyclic) bond motifs is 1. The molecule has 0 bridgehead atoms. The number of carbonyl (C=O) groups is 2. The summed E-state index contributed by atoms with van der Waals surface area (Å²) in [5, 5.41) is 2.73. The highest BCUT2D eigenvalue weighted by Crippen LogP contribution is 2.37. The first-order chi connectivity index (χ1) is 12.3. The van der Waals surface area contributed by atoms with Gasteiger partial charge in [-0.25, -0.2) is 0 Å². The van der Waals surface area contributed by atoms with Gasteiger partial charge in [0.25, 0.3) is 5.91 Å². The molecular formula is C18H15Br2NO5. The molecule has 8 heteroatoms. The Hall–Kier alpha value is -2.06. The Kier molecular flexibility index (Phi) is 5.52. The van der Waals surface area contributed by atoms with E-state index in [1.54, 1.807) is 25.1 Å². The smallest absolute Gasteiger partial charge is 0.265 e. The van der Waals surface area contributed by atoms with Crippen molar-refractivity contribution in [1.82, 2.24) is 0 Å². The average molecular weight is 485 g/mol. The van der Waals surface area contributed by atoms with Gasteiger partial charge >= 0.3 is 0 Å². The molecule has 26 heavy (non-hydrogen) atoms. The van der Waals surface area contributed by atoms with Crippen LogP contribution in [-0.2, 0) is 4.79 Å². The van der Waals surface area contributed by atoms with Crippen molar-refractivity contribution in [2.75, 3.05) is 12.1 Å². The van der Waals surface area contributed by atoms with Gasteiger partial charge in [-0.3, -0.25) is 9.59 Å². The third-order valence-electron chi connectivity index (χ3n) is 3.72. The number of hydrogen-bond acceptors (Lipinski definition) is 5. The predicted octanol–water partition coefficient (Wildman–Crippen LogP) is 4.55. The molecule has 136 valence electrons. The zero-order valence-corrected chi connectivity index (χ0v) is 17.1. The summed E-state index contributed by atoms with van der Waals surface area (Å²) in [5.41, 5.74) is 0.705. The summed E-state index contributed by atoms with van der Waals surface area (Å²) in [5.74, 6) is 0.920. The van der Waals surface area contributed by atoms with E-state index in [-0.39, 0.29) is 18.5 Å². The monoisotopic (exact) mass is 483 g/mol. The van der Waals surface area contributed by atoms with Crippen LogP contribution in [0.2, 0.25) is 0 Å². The fraction of sp³-hybridized carbons (Fsp3) is 0.222. The Balaban J connectivity index is 1.78. The van der Waals surface area contributed by atoms with Crippen LogP contribution in [0.25, 0.3) is 0 Å². The largest absolute Gasteiger partial charge is 0.480 e. The maximum Gasteiger partial charge on any atom is 0.265 e. The van der Waals surface area contributed by atoms with E-state index in [1.807, 2.05) is 12.1 Å². The van der Waals surface area contributed by atoms with Gasteiger partial charge in [-0.1, -0.05) is 15.9 Å². The van der Waals surface area contributed by atoms with Crippen molar-refractivity contribution in [3.63, 3.8) is 0 Å². The van der Waals surface area contributed by atoms with Gasteiger partial charge in [0.1, 0.15) is 5.75 Å². The first-order valence-electron chi connectivity index (χ1n) is 7.72. The van der Waals surface area contributed by atoms with Gasteiger partial charge in [-0.05, 0) is 54.0 Å². The van der Waals surface area contributed by atoms with Crippen molar-refractivity contribution in [2.45, 2.75) is 20.0 Å². The molecule has 0 aliphatic carbocycles. The van der Waals surface area contributed by atoms with Crippen molar-refractivity contribution in [1.29, 1.82) is 0 Å². The minimum atomic E-state index is -0.780. The minimum Gasteiger partial charge on any atom is -0.480 e. The van der Waals surface area contributed by atoms with Crippen LogP contribution in [0.5, 0.6) is 17.2 Å². The molecule has 0 fully saturated rings. The number of halogens is 2. The first-order valence-corrected chi connectivity index (χ1v) is 9.31. The number of ether oxygens (including phenoxy) is 3. The van der Waals surface area contributed by atoms with E-state index in [0.717, 1.165) is 8.95 Å². The third kappa shape index (κ3) is 4.02. The summed E-state index contributed by atoms with van der Waals surface area (Å²) < 4.78 is 17.9.